The van der Waals surface area contributed by atoms with Gasteiger partial charge in [-0.25, -0.2) is 4.98 Å². The van der Waals surface area contributed by atoms with Crippen LogP contribution in [0.5, 0.6) is 0 Å². The van der Waals surface area contributed by atoms with Gasteiger partial charge in [-0.3, -0.25) is 0 Å². The molecule has 110 valence electrons. The molecule has 3 aromatic heterocycles. The Kier molecular flexibility index (Phi) is 4.06. The van der Waals surface area contributed by atoms with E-state index >= 15 is 0 Å². The zero-order valence-electron chi connectivity index (χ0n) is 12.5. The molecule has 0 aromatic carbocycles. The molecule has 0 saturated carbocycles. The van der Waals surface area contributed by atoms with Crippen LogP contribution in [0.1, 0.15) is 36.8 Å². The summed E-state index contributed by atoms with van der Waals surface area (Å²) in [5, 5.41) is 3.47. The lowest BCUT2D eigenvalue weighted by atomic mass is 10.2. The molecule has 0 atom stereocenters. The first-order chi connectivity index (χ1) is 10.3. The number of furan rings is 1. The van der Waals surface area contributed by atoms with E-state index in [1.807, 2.05) is 6.07 Å². The van der Waals surface area contributed by atoms with Crippen LogP contribution in [-0.2, 0) is 13.0 Å². The van der Waals surface area contributed by atoms with Gasteiger partial charge in [-0.1, -0.05) is 19.9 Å². The number of hydrogen-bond acceptors (Lipinski definition) is 3. The van der Waals surface area contributed by atoms with E-state index in [1.165, 1.54) is 11.1 Å². The summed E-state index contributed by atoms with van der Waals surface area (Å²) < 4.78 is 7.27. The van der Waals surface area contributed by atoms with Crippen LogP contribution in [0.4, 0.5) is 0 Å². The number of nitrogens with one attached hydrogen (secondary N) is 1. The SMILES string of the molecule is CC(C)c1nc(CNCCc2ccoc2)c2ccccn12. The van der Waals surface area contributed by atoms with Gasteiger partial charge in [0.05, 0.1) is 23.7 Å². The van der Waals surface area contributed by atoms with Crippen molar-refractivity contribution in [1.82, 2.24) is 14.7 Å². The lowest BCUT2D eigenvalue weighted by Gasteiger charge is -2.02. The topological polar surface area (TPSA) is 42.5 Å². The monoisotopic (exact) mass is 283 g/mol. The molecule has 0 aliphatic rings. The van der Waals surface area contributed by atoms with Gasteiger partial charge in [-0.2, -0.15) is 0 Å². The molecule has 0 radical (unpaired) electrons. The number of rotatable bonds is 6. The minimum Gasteiger partial charge on any atom is -0.472 e. The Hall–Kier alpha value is -2.07. The van der Waals surface area contributed by atoms with Gasteiger partial charge >= 0.3 is 0 Å². The normalized spacial score (nSPS) is 11.6. The summed E-state index contributed by atoms with van der Waals surface area (Å²) in [4.78, 5) is 4.81. The van der Waals surface area contributed by atoms with Gasteiger partial charge in [-0.15, -0.1) is 0 Å². The molecule has 4 heteroatoms. The van der Waals surface area contributed by atoms with Crippen LogP contribution < -0.4 is 5.32 Å². The smallest absolute Gasteiger partial charge is 0.116 e. The van der Waals surface area contributed by atoms with Crippen molar-refractivity contribution < 1.29 is 4.42 Å². The first-order valence-electron chi connectivity index (χ1n) is 7.43. The fraction of sp³-hybridized carbons (Fsp3) is 0.353. The van der Waals surface area contributed by atoms with E-state index in [2.05, 4.69) is 48.0 Å². The number of fused-ring (bicyclic) bond motifs is 1. The summed E-state index contributed by atoms with van der Waals surface area (Å²) in [6.45, 7) is 6.07. The van der Waals surface area contributed by atoms with E-state index in [0.717, 1.165) is 31.0 Å². The van der Waals surface area contributed by atoms with E-state index in [9.17, 15) is 0 Å². The summed E-state index contributed by atoms with van der Waals surface area (Å²) in [5.41, 5.74) is 3.53. The van der Waals surface area contributed by atoms with Gasteiger partial charge in [0.25, 0.3) is 0 Å². The highest BCUT2D eigenvalue weighted by Gasteiger charge is 2.12. The molecule has 3 aromatic rings. The third-order valence-corrected chi connectivity index (χ3v) is 3.63. The maximum Gasteiger partial charge on any atom is 0.116 e. The van der Waals surface area contributed by atoms with Crippen molar-refractivity contribution in [3.05, 3.63) is 60.1 Å². The van der Waals surface area contributed by atoms with E-state index in [1.54, 1.807) is 12.5 Å². The molecule has 0 spiro atoms. The first kappa shape index (κ1) is 13.9. The second kappa shape index (κ2) is 6.14. The molecular weight excluding hydrogens is 262 g/mol. The average Bonchev–Trinajstić information content (AvgIpc) is 3.11. The van der Waals surface area contributed by atoms with Crippen molar-refractivity contribution in [2.75, 3.05) is 6.54 Å². The number of nitrogens with zero attached hydrogens (tertiary/aromatic N) is 2. The van der Waals surface area contributed by atoms with Crippen molar-refractivity contribution in [3.63, 3.8) is 0 Å². The van der Waals surface area contributed by atoms with Gasteiger partial charge in [0.15, 0.2) is 0 Å². The molecule has 0 aliphatic heterocycles. The number of imidazole rings is 1. The highest BCUT2D eigenvalue weighted by Crippen LogP contribution is 2.19. The maximum atomic E-state index is 5.07. The van der Waals surface area contributed by atoms with Crippen molar-refractivity contribution in [1.29, 1.82) is 0 Å². The summed E-state index contributed by atoms with van der Waals surface area (Å²) in [6.07, 6.45) is 6.57. The molecule has 0 fully saturated rings. The second-order valence-corrected chi connectivity index (χ2v) is 5.59. The van der Waals surface area contributed by atoms with Crippen LogP contribution in [0.15, 0.2) is 47.4 Å². The Labute approximate surface area is 124 Å². The number of pyridine rings is 1. The van der Waals surface area contributed by atoms with Gasteiger partial charge in [-0.05, 0) is 36.7 Å². The van der Waals surface area contributed by atoms with Gasteiger partial charge in [0.1, 0.15) is 5.82 Å². The highest BCUT2D eigenvalue weighted by molar-refractivity contribution is 5.53. The van der Waals surface area contributed by atoms with Crippen LogP contribution in [0, 0.1) is 0 Å². The predicted molar refractivity (Wildman–Crippen MR) is 83.4 cm³/mol. The summed E-state index contributed by atoms with van der Waals surface area (Å²) >= 11 is 0. The predicted octanol–water partition coefficient (Wildman–Crippen LogP) is 3.38. The second-order valence-electron chi connectivity index (χ2n) is 5.59. The standard InChI is InChI=1S/C17H21N3O/c1-13(2)17-19-15(16-5-3-4-9-20(16)17)11-18-8-6-14-7-10-21-12-14/h3-5,7,9-10,12-13,18H,6,8,11H2,1-2H3. The van der Waals surface area contributed by atoms with Crippen molar-refractivity contribution in [3.8, 4) is 0 Å². The van der Waals surface area contributed by atoms with E-state index in [4.69, 9.17) is 9.40 Å². The Balaban J connectivity index is 1.69. The van der Waals surface area contributed by atoms with Crippen molar-refractivity contribution >= 4 is 5.52 Å². The van der Waals surface area contributed by atoms with E-state index in [0.29, 0.717) is 5.92 Å². The Morgan fingerprint density at radius 1 is 1.29 bits per heavy atom. The van der Waals surface area contributed by atoms with Gasteiger partial charge in [0, 0.05) is 18.7 Å². The summed E-state index contributed by atoms with van der Waals surface area (Å²) in [7, 11) is 0. The van der Waals surface area contributed by atoms with Crippen molar-refractivity contribution in [2.24, 2.45) is 0 Å². The zero-order valence-corrected chi connectivity index (χ0v) is 12.5. The number of aromatic nitrogens is 2. The van der Waals surface area contributed by atoms with Gasteiger partial charge < -0.3 is 14.1 Å². The minimum absolute atomic E-state index is 0.416. The third kappa shape index (κ3) is 3.00. The lowest BCUT2D eigenvalue weighted by molar-refractivity contribution is 0.562. The third-order valence-electron chi connectivity index (χ3n) is 3.63. The lowest BCUT2D eigenvalue weighted by Crippen LogP contribution is -2.17. The summed E-state index contributed by atoms with van der Waals surface area (Å²) in [6, 6.07) is 8.25. The molecule has 0 unspecified atom stereocenters. The largest absolute Gasteiger partial charge is 0.472 e. The fourth-order valence-corrected chi connectivity index (χ4v) is 2.54. The zero-order chi connectivity index (χ0) is 14.7. The first-order valence-corrected chi connectivity index (χ1v) is 7.43. The Bertz CT molecular complexity index is 698. The Morgan fingerprint density at radius 3 is 2.95 bits per heavy atom. The summed E-state index contributed by atoms with van der Waals surface area (Å²) in [5.74, 6) is 1.54. The molecule has 0 saturated heterocycles. The highest BCUT2D eigenvalue weighted by atomic mass is 16.3. The van der Waals surface area contributed by atoms with Gasteiger partial charge in [0.2, 0.25) is 0 Å². The molecule has 21 heavy (non-hydrogen) atoms. The van der Waals surface area contributed by atoms with E-state index < -0.39 is 0 Å². The molecule has 0 aliphatic carbocycles. The molecular formula is C17H21N3O. The molecule has 3 heterocycles. The van der Waals surface area contributed by atoms with Crippen LogP contribution >= 0.6 is 0 Å². The molecule has 0 bridgehead atoms. The quantitative estimate of drug-likeness (QED) is 0.705. The number of hydrogen-bond donors (Lipinski definition) is 1. The minimum atomic E-state index is 0.416. The maximum absolute atomic E-state index is 5.07. The molecule has 4 nitrogen and oxygen atoms in total. The molecule has 3 rings (SSSR count). The van der Waals surface area contributed by atoms with Crippen LogP contribution in [-0.4, -0.2) is 15.9 Å². The van der Waals surface area contributed by atoms with E-state index in [-0.39, 0.29) is 0 Å². The average molecular weight is 283 g/mol. The fourth-order valence-electron chi connectivity index (χ4n) is 2.54. The van der Waals surface area contributed by atoms with Crippen LogP contribution in [0.25, 0.3) is 5.52 Å². The molecule has 1 N–H and O–H groups in total. The van der Waals surface area contributed by atoms with Crippen LogP contribution in [0.2, 0.25) is 0 Å². The van der Waals surface area contributed by atoms with Crippen molar-refractivity contribution in [2.45, 2.75) is 32.7 Å². The molecule has 0 amide bonds. The van der Waals surface area contributed by atoms with Crippen LogP contribution in [0.3, 0.4) is 0 Å². The Morgan fingerprint density at radius 2 is 2.19 bits per heavy atom.